The third-order valence-electron chi connectivity index (χ3n) is 5.67. The summed E-state index contributed by atoms with van der Waals surface area (Å²) in [5.74, 6) is -0.00102. The zero-order valence-electron chi connectivity index (χ0n) is 14.6. The average Bonchev–Trinajstić information content (AvgIpc) is 3.10. The highest BCUT2D eigenvalue weighted by Crippen LogP contribution is 2.44. The van der Waals surface area contributed by atoms with Crippen molar-refractivity contribution in [1.29, 1.82) is 0 Å². The van der Waals surface area contributed by atoms with Crippen LogP contribution in [-0.2, 0) is 27.2 Å². The number of aromatic hydroxyl groups is 1. The van der Waals surface area contributed by atoms with E-state index >= 15 is 0 Å². The summed E-state index contributed by atoms with van der Waals surface area (Å²) < 4.78 is 5.82. The number of rotatable bonds is 5. The van der Waals surface area contributed by atoms with E-state index < -0.39 is 5.60 Å². The zero-order valence-corrected chi connectivity index (χ0v) is 15.4. The number of phenols is 1. The molecule has 4 nitrogen and oxygen atoms in total. The molecule has 1 aliphatic carbocycles. The number of phenolic OH excluding ortho intramolecular Hbond substituents is 1. The lowest BCUT2D eigenvalue weighted by Crippen LogP contribution is -2.48. The van der Waals surface area contributed by atoms with Crippen LogP contribution in [0.15, 0.2) is 12.1 Å². The van der Waals surface area contributed by atoms with E-state index in [0.29, 0.717) is 30.7 Å². The first-order valence-electron chi connectivity index (χ1n) is 9.17. The number of hydrogen-bond acceptors (Lipinski definition) is 4. The predicted octanol–water partition coefficient (Wildman–Crippen LogP) is 4.38. The molecule has 2 fully saturated rings. The maximum atomic E-state index is 12.1. The summed E-state index contributed by atoms with van der Waals surface area (Å²) in [7, 11) is 0. The predicted molar refractivity (Wildman–Crippen MR) is 95.8 cm³/mol. The molecule has 1 atom stereocenters. The number of Topliss-reactive ketones (excluding diaryl/α,β-unsaturated/α-hetero) is 1. The number of carbonyl (C=O) groups excluding carboxylic acids is 2. The van der Waals surface area contributed by atoms with Crippen LogP contribution in [0, 0.1) is 5.92 Å². The van der Waals surface area contributed by atoms with Crippen LogP contribution in [0.3, 0.4) is 0 Å². The molecule has 3 rings (SSSR count). The Labute approximate surface area is 153 Å². The van der Waals surface area contributed by atoms with Crippen molar-refractivity contribution in [3.63, 3.8) is 0 Å². The Kier molecular flexibility index (Phi) is 5.38. The average molecular weight is 365 g/mol. The van der Waals surface area contributed by atoms with Crippen molar-refractivity contribution in [2.45, 2.75) is 70.3 Å². The Hall–Kier alpha value is -1.55. The molecule has 5 heteroatoms. The topological polar surface area (TPSA) is 63.6 Å². The third kappa shape index (κ3) is 3.84. The monoisotopic (exact) mass is 364 g/mol. The first-order valence-corrected chi connectivity index (χ1v) is 9.55. The van der Waals surface area contributed by atoms with Gasteiger partial charge in [0.15, 0.2) is 0 Å². The van der Waals surface area contributed by atoms with Gasteiger partial charge < -0.3 is 9.84 Å². The van der Waals surface area contributed by atoms with Gasteiger partial charge in [-0.15, -0.1) is 0 Å². The van der Waals surface area contributed by atoms with Gasteiger partial charge in [0.05, 0.1) is 5.02 Å². The summed E-state index contributed by atoms with van der Waals surface area (Å²) in [5, 5.41) is 10.3. The van der Waals surface area contributed by atoms with Gasteiger partial charge in [0, 0.05) is 6.42 Å². The van der Waals surface area contributed by atoms with E-state index in [1.54, 1.807) is 6.07 Å². The standard InChI is InChI=1S/C20H25ClO4/c1-2-14-9-13(10-17(21)19(14)24)7-8-20(15-5-3-4-6-15)12-16(22)11-18(23)25-20/h9-10,15,24H,2-8,11-12H2,1H3. The molecule has 0 aromatic heterocycles. The molecular weight excluding hydrogens is 340 g/mol. The second-order valence-corrected chi connectivity index (χ2v) is 7.76. The van der Waals surface area contributed by atoms with E-state index in [9.17, 15) is 14.7 Å². The molecule has 1 heterocycles. The highest BCUT2D eigenvalue weighted by Gasteiger charge is 2.47. The second kappa shape index (κ2) is 7.36. The van der Waals surface area contributed by atoms with Gasteiger partial charge in [-0.05, 0) is 55.2 Å². The van der Waals surface area contributed by atoms with Gasteiger partial charge in [0.1, 0.15) is 23.6 Å². The first-order chi connectivity index (χ1) is 11.9. The van der Waals surface area contributed by atoms with Crippen molar-refractivity contribution in [3.8, 4) is 5.75 Å². The van der Waals surface area contributed by atoms with E-state index in [0.717, 1.165) is 36.8 Å². The number of aryl methyl sites for hydroxylation is 2. The Morgan fingerprint density at radius 2 is 2.00 bits per heavy atom. The summed E-state index contributed by atoms with van der Waals surface area (Å²) in [6.07, 6.45) is 6.50. The van der Waals surface area contributed by atoms with Gasteiger partial charge in [-0.25, -0.2) is 0 Å². The lowest BCUT2D eigenvalue weighted by atomic mass is 9.76. The molecule has 1 aromatic carbocycles. The van der Waals surface area contributed by atoms with Gasteiger partial charge in [-0.1, -0.05) is 37.4 Å². The molecule has 1 unspecified atom stereocenters. The minimum absolute atomic E-state index is 0.0128. The van der Waals surface area contributed by atoms with Crippen LogP contribution in [-0.4, -0.2) is 22.5 Å². The van der Waals surface area contributed by atoms with Crippen molar-refractivity contribution < 1.29 is 19.4 Å². The van der Waals surface area contributed by atoms with E-state index in [1.807, 2.05) is 13.0 Å². The smallest absolute Gasteiger partial charge is 0.313 e. The van der Waals surface area contributed by atoms with Crippen molar-refractivity contribution >= 4 is 23.4 Å². The Morgan fingerprint density at radius 3 is 2.64 bits per heavy atom. The zero-order chi connectivity index (χ0) is 18.0. The molecular formula is C20H25ClO4. The van der Waals surface area contributed by atoms with Gasteiger partial charge in [0.2, 0.25) is 0 Å². The molecule has 25 heavy (non-hydrogen) atoms. The fraction of sp³-hybridized carbons (Fsp3) is 0.600. The van der Waals surface area contributed by atoms with E-state index in [4.69, 9.17) is 16.3 Å². The van der Waals surface area contributed by atoms with Gasteiger partial charge in [-0.2, -0.15) is 0 Å². The molecule has 1 aliphatic heterocycles. The normalized spacial score (nSPS) is 24.6. The van der Waals surface area contributed by atoms with Crippen LogP contribution >= 0.6 is 11.6 Å². The molecule has 0 spiro atoms. The SMILES string of the molecule is CCc1cc(CCC2(C3CCCC3)CC(=O)CC(=O)O2)cc(Cl)c1O. The van der Waals surface area contributed by atoms with E-state index in [2.05, 4.69) is 0 Å². The lowest BCUT2D eigenvalue weighted by molar-refractivity contribution is -0.178. The number of carbonyl (C=O) groups is 2. The van der Waals surface area contributed by atoms with Crippen LogP contribution < -0.4 is 0 Å². The summed E-state index contributed by atoms with van der Waals surface area (Å²) in [6, 6.07) is 3.72. The largest absolute Gasteiger partial charge is 0.506 e. The van der Waals surface area contributed by atoms with Crippen LogP contribution in [0.25, 0.3) is 0 Å². The third-order valence-corrected chi connectivity index (χ3v) is 5.96. The number of esters is 1. The van der Waals surface area contributed by atoms with Crippen molar-refractivity contribution in [2.24, 2.45) is 5.92 Å². The fourth-order valence-corrected chi connectivity index (χ4v) is 4.63. The Balaban J connectivity index is 1.83. The van der Waals surface area contributed by atoms with Crippen LogP contribution in [0.4, 0.5) is 0 Å². The maximum absolute atomic E-state index is 12.1. The highest BCUT2D eigenvalue weighted by atomic mass is 35.5. The fourth-order valence-electron chi connectivity index (χ4n) is 4.37. The van der Waals surface area contributed by atoms with Gasteiger partial charge in [0.25, 0.3) is 0 Å². The van der Waals surface area contributed by atoms with E-state index in [-0.39, 0.29) is 29.8 Å². The summed E-state index contributed by atoms with van der Waals surface area (Å²) in [4.78, 5) is 24.1. The number of hydrogen-bond donors (Lipinski definition) is 1. The molecule has 1 saturated carbocycles. The van der Waals surface area contributed by atoms with Crippen LogP contribution in [0.1, 0.15) is 63.0 Å². The Morgan fingerprint density at radius 1 is 1.28 bits per heavy atom. The van der Waals surface area contributed by atoms with Crippen molar-refractivity contribution in [2.75, 3.05) is 0 Å². The van der Waals surface area contributed by atoms with Gasteiger partial charge >= 0.3 is 5.97 Å². The van der Waals surface area contributed by atoms with Gasteiger partial charge in [-0.3, -0.25) is 9.59 Å². The lowest BCUT2D eigenvalue weighted by Gasteiger charge is -2.41. The van der Waals surface area contributed by atoms with Crippen molar-refractivity contribution in [1.82, 2.24) is 0 Å². The summed E-state index contributed by atoms with van der Waals surface area (Å²) in [5.41, 5.74) is 1.15. The number of cyclic esters (lactones) is 1. The molecule has 1 N–H and O–H groups in total. The maximum Gasteiger partial charge on any atom is 0.313 e. The molecule has 136 valence electrons. The van der Waals surface area contributed by atoms with Crippen LogP contribution in [0.2, 0.25) is 5.02 Å². The summed E-state index contributed by atoms with van der Waals surface area (Å²) in [6.45, 7) is 1.97. The molecule has 0 radical (unpaired) electrons. The van der Waals surface area contributed by atoms with Crippen LogP contribution in [0.5, 0.6) is 5.75 Å². The second-order valence-electron chi connectivity index (χ2n) is 7.35. The highest BCUT2D eigenvalue weighted by molar-refractivity contribution is 6.32. The number of ether oxygens (including phenoxy) is 1. The van der Waals surface area contributed by atoms with E-state index in [1.165, 1.54) is 0 Å². The van der Waals surface area contributed by atoms with Crippen molar-refractivity contribution in [3.05, 3.63) is 28.3 Å². The minimum Gasteiger partial charge on any atom is -0.506 e. The molecule has 1 aromatic rings. The number of benzene rings is 1. The quantitative estimate of drug-likeness (QED) is 0.622. The first kappa shape index (κ1) is 18.2. The molecule has 2 aliphatic rings. The minimum atomic E-state index is -0.667. The Bertz CT molecular complexity index is 661. The molecule has 0 amide bonds. The number of ketones is 1. The molecule has 0 bridgehead atoms. The summed E-state index contributed by atoms with van der Waals surface area (Å²) >= 11 is 6.14. The number of halogens is 1. The molecule has 1 saturated heterocycles.